The van der Waals surface area contributed by atoms with Crippen LogP contribution in [0.5, 0.6) is 11.5 Å². The highest BCUT2D eigenvalue weighted by atomic mass is 16.5. The van der Waals surface area contributed by atoms with E-state index in [0.29, 0.717) is 17.1 Å². The van der Waals surface area contributed by atoms with Crippen LogP contribution in [0.2, 0.25) is 0 Å². The van der Waals surface area contributed by atoms with Crippen molar-refractivity contribution in [1.29, 1.82) is 0 Å². The number of carboxylic acid groups (broad SMARTS) is 1. The number of H-pyrrole nitrogens is 1. The predicted octanol–water partition coefficient (Wildman–Crippen LogP) is 2.56. The molecule has 0 radical (unpaired) electrons. The smallest absolute Gasteiger partial charge is 0.339 e. The van der Waals surface area contributed by atoms with Gasteiger partial charge in [0, 0.05) is 5.69 Å². The average Bonchev–Trinajstić information content (AvgIpc) is 2.81. The van der Waals surface area contributed by atoms with Gasteiger partial charge in [-0.1, -0.05) is 0 Å². The zero-order chi connectivity index (χ0) is 14.7. The van der Waals surface area contributed by atoms with E-state index in [9.17, 15) is 9.90 Å². The Kier molecular flexibility index (Phi) is 3.93. The standard InChI is InChI=1S/C14H16N2O4/c1-8-12(14(17)18)13(16-15-8)9(2)20-11-6-4-10(19-3)5-7-11/h4-7,9H,1-3H3,(H,15,16)(H,17,18). The number of carboxylic acids is 1. The van der Waals surface area contributed by atoms with Gasteiger partial charge in [0.05, 0.1) is 7.11 Å². The molecular formula is C14H16N2O4. The average molecular weight is 276 g/mol. The van der Waals surface area contributed by atoms with Crippen molar-refractivity contribution in [2.24, 2.45) is 0 Å². The van der Waals surface area contributed by atoms with Crippen molar-refractivity contribution in [2.45, 2.75) is 20.0 Å². The molecule has 0 bridgehead atoms. The first-order valence-corrected chi connectivity index (χ1v) is 6.11. The number of benzene rings is 1. The Labute approximate surface area is 116 Å². The van der Waals surface area contributed by atoms with Crippen molar-refractivity contribution >= 4 is 5.97 Å². The number of aryl methyl sites for hydroxylation is 1. The van der Waals surface area contributed by atoms with Gasteiger partial charge in [0.1, 0.15) is 28.9 Å². The maximum atomic E-state index is 11.2. The van der Waals surface area contributed by atoms with E-state index >= 15 is 0 Å². The van der Waals surface area contributed by atoms with Crippen LogP contribution in [0.15, 0.2) is 24.3 Å². The van der Waals surface area contributed by atoms with Gasteiger partial charge in [0.2, 0.25) is 0 Å². The molecule has 2 rings (SSSR count). The van der Waals surface area contributed by atoms with E-state index in [1.54, 1.807) is 45.2 Å². The van der Waals surface area contributed by atoms with Crippen molar-refractivity contribution < 1.29 is 19.4 Å². The summed E-state index contributed by atoms with van der Waals surface area (Å²) in [5.74, 6) is 0.332. The van der Waals surface area contributed by atoms with Gasteiger partial charge in [-0.05, 0) is 38.1 Å². The van der Waals surface area contributed by atoms with E-state index in [2.05, 4.69) is 10.2 Å². The molecule has 1 heterocycles. The number of rotatable bonds is 5. The highest BCUT2D eigenvalue weighted by Gasteiger charge is 2.22. The summed E-state index contributed by atoms with van der Waals surface area (Å²) in [4.78, 5) is 11.2. The Balaban J connectivity index is 2.19. The van der Waals surface area contributed by atoms with Crippen LogP contribution in [-0.2, 0) is 0 Å². The lowest BCUT2D eigenvalue weighted by Gasteiger charge is -2.13. The SMILES string of the molecule is COc1ccc(OC(C)c2n[nH]c(C)c2C(=O)O)cc1. The molecule has 1 unspecified atom stereocenters. The van der Waals surface area contributed by atoms with Gasteiger partial charge in [-0.3, -0.25) is 5.10 Å². The maximum Gasteiger partial charge on any atom is 0.339 e. The van der Waals surface area contributed by atoms with Crippen LogP contribution in [-0.4, -0.2) is 28.4 Å². The Morgan fingerprint density at radius 2 is 1.90 bits per heavy atom. The normalized spacial score (nSPS) is 11.9. The van der Waals surface area contributed by atoms with E-state index in [1.807, 2.05) is 0 Å². The summed E-state index contributed by atoms with van der Waals surface area (Å²) in [6.07, 6.45) is -0.473. The minimum Gasteiger partial charge on any atom is -0.497 e. The van der Waals surface area contributed by atoms with Crippen LogP contribution in [0, 0.1) is 6.92 Å². The monoisotopic (exact) mass is 276 g/mol. The number of carbonyl (C=O) groups is 1. The molecular weight excluding hydrogens is 260 g/mol. The molecule has 0 saturated carbocycles. The summed E-state index contributed by atoms with van der Waals surface area (Å²) in [5, 5.41) is 15.9. The first-order valence-electron chi connectivity index (χ1n) is 6.11. The van der Waals surface area contributed by atoms with E-state index in [0.717, 1.165) is 5.75 Å². The molecule has 0 fully saturated rings. The molecule has 6 heteroatoms. The van der Waals surface area contributed by atoms with Crippen LogP contribution >= 0.6 is 0 Å². The van der Waals surface area contributed by atoms with Crippen LogP contribution in [0.4, 0.5) is 0 Å². The Bertz CT molecular complexity index is 604. The van der Waals surface area contributed by atoms with Gasteiger partial charge in [-0.25, -0.2) is 4.79 Å². The first kappa shape index (κ1) is 13.9. The van der Waals surface area contributed by atoms with Gasteiger partial charge in [-0.15, -0.1) is 0 Å². The molecule has 0 aliphatic heterocycles. The fraction of sp³-hybridized carbons (Fsp3) is 0.286. The summed E-state index contributed by atoms with van der Waals surface area (Å²) < 4.78 is 10.8. The van der Waals surface area contributed by atoms with E-state index in [4.69, 9.17) is 9.47 Å². The number of nitrogens with one attached hydrogen (secondary N) is 1. The number of aromatic amines is 1. The van der Waals surface area contributed by atoms with E-state index in [1.165, 1.54) is 0 Å². The first-order chi connectivity index (χ1) is 9.52. The minimum atomic E-state index is -1.02. The maximum absolute atomic E-state index is 11.2. The van der Waals surface area contributed by atoms with Gasteiger partial charge in [0.25, 0.3) is 0 Å². The zero-order valence-electron chi connectivity index (χ0n) is 11.5. The zero-order valence-corrected chi connectivity index (χ0v) is 11.5. The number of nitrogens with zero attached hydrogens (tertiary/aromatic N) is 1. The summed E-state index contributed by atoms with van der Waals surface area (Å²) in [7, 11) is 1.59. The quantitative estimate of drug-likeness (QED) is 0.876. The highest BCUT2D eigenvalue weighted by Crippen LogP contribution is 2.25. The Hall–Kier alpha value is -2.50. The number of aromatic carboxylic acids is 1. The molecule has 2 N–H and O–H groups in total. The summed E-state index contributed by atoms with van der Waals surface area (Å²) in [6, 6.07) is 7.07. The largest absolute Gasteiger partial charge is 0.497 e. The molecule has 1 aromatic carbocycles. The summed E-state index contributed by atoms with van der Waals surface area (Å²) in [5.41, 5.74) is 1.05. The van der Waals surface area contributed by atoms with Crippen LogP contribution < -0.4 is 9.47 Å². The van der Waals surface area contributed by atoms with Gasteiger partial charge in [-0.2, -0.15) is 5.10 Å². The minimum absolute atomic E-state index is 0.158. The molecule has 0 aliphatic rings. The number of hydrogen-bond donors (Lipinski definition) is 2. The van der Waals surface area contributed by atoms with Crippen molar-refractivity contribution in [1.82, 2.24) is 10.2 Å². The molecule has 0 amide bonds. The van der Waals surface area contributed by atoms with Gasteiger partial charge >= 0.3 is 5.97 Å². The van der Waals surface area contributed by atoms with Gasteiger partial charge in [0.15, 0.2) is 0 Å². The van der Waals surface area contributed by atoms with Crippen LogP contribution in [0.3, 0.4) is 0 Å². The fourth-order valence-corrected chi connectivity index (χ4v) is 1.93. The van der Waals surface area contributed by atoms with Crippen molar-refractivity contribution in [3.8, 4) is 11.5 Å². The number of hydrogen-bond acceptors (Lipinski definition) is 4. The lowest BCUT2D eigenvalue weighted by Crippen LogP contribution is -2.10. The number of methoxy groups -OCH3 is 1. The molecule has 6 nitrogen and oxygen atoms in total. The second-order valence-corrected chi connectivity index (χ2v) is 4.35. The third kappa shape index (κ3) is 2.74. The van der Waals surface area contributed by atoms with E-state index in [-0.39, 0.29) is 5.56 Å². The number of aromatic nitrogens is 2. The van der Waals surface area contributed by atoms with Crippen molar-refractivity contribution in [2.75, 3.05) is 7.11 Å². The Morgan fingerprint density at radius 1 is 1.30 bits per heavy atom. The second kappa shape index (κ2) is 5.64. The predicted molar refractivity (Wildman–Crippen MR) is 72.3 cm³/mol. The highest BCUT2D eigenvalue weighted by molar-refractivity contribution is 5.90. The molecule has 0 saturated heterocycles. The lowest BCUT2D eigenvalue weighted by molar-refractivity contribution is 0.0691. The molecule has 2 aromatic rings. The van der Waals surface area contributed by atoms with E-state index < -0.39 is 12.1 Å². The molecule has 1 atom stereocenters. The molecule has 20 heavy (non-hydrogen) atoms. The Morgan fingerprint density at radius 3 is 2.45 bits per heavy atom. The molecule has 106 valence electrons. The van der Waals surface area contributed by atoms with Crippen LogP contribution in [0.1, 0.15) is 34.8 Å². The van der Waals surface area contributed by atoms with Gasteiger partial charge < -0.3 is 14.6 Å². The summed E-state index contributed by atoms with van der Waals surface area (Å²) >= 11 is 0. The third-order valence-electron chi connectivity index (χ3n) is 2.95. The number of ether oxygens (including phenoxy) is 2. The topological polar surface area (TPSA) is 84.4 Å². The fourth-order valence-electron chi connectivity index (χ4n) is 1.93. The molecule has 0 spiro atoms. The van der Waals surface area contributed by atoms with Crippen molar-refractivity contribution in [3.05, 3.63) is 41.2 Å². The second-order valence-electron chi connectivity index (χ2n) is 4.35. The van der Waals surface area contributed by atoms with Crippen LogP contribution in [0.25, 0.3) is 0 Å². The van der Waals surface area contributed by atoms with Crippen molar-refractivity contribution in [3.63, 3.8) is 0 Å². The molecule has 0 aliphatic carbocycles. The third-order valence-corrected chi connectivity index (χ3v) is 2.95. The molecule has 1 aromatic heterocycles. The lowest BCUT2D eigenvalue weighted by atomic mass is 10.1. The summed E-state index contributed by atoms with van der Waals surface area (Å²) in [6.45, 7) is 3.42.